The summed E-state index contributed by atoms with van der Waals surface area (Å²) >= 11 is 6.31. The third-order valence-corrected chi connectivity index (χ3v) is 4.03. The molecule has 0 fully saturated rings. The average molecular weight is 372 g/mol. The molecule has 0 radical (unpaired) electrons. The van der Waals surface area contributed by atoms with E-state index in [2.05, 4.69) is 16.0 Å². The minimum absolute atomic E-state index is 0.259. The van der Waals surface area contributed by atoms with E-state index in [-0.39, 0.29) is 11.4 Å². The lowest BCUT2D eigenvalue weighted by Gasteiger charge is -2.11. The summed E-state index contributed by atoms with van der Waals surface area (Å²) in [5, 5.41) is 9.93. The molecule has 0 aliphatic heterocycles. The van der Waals surface area contributed by atoms with Crippen LogP contribution in [0.1, 0.15) is 18.3 Å². The van der Waals surface area contributed by atoms with Crippen LogP contribution in [-0.4, -0.2) is 23.7 Å². The SMILES string of the molecule is CCOc1cc(Cl)c(/C=C(/C#N)c2nc3ccc(F)cc3[nH]2)cc1OC. The molecule has 0 bridgehead atoms. The molecule has 0 saturated carbocycles. The van der Waals surface area contributed by atoms with Crippen LogP contribution in [0.25, 0.3) is 22.7 Å². The van der Waals surface area contributed by atoms with Crippen molar-refractivity contribution in [1.29, 1.82) is 5.26 Å². The normalized spacial score (nSPS) is 11.4. The fraction of sp³-hybridized carbons (Fsp3) is 0.158. The first-order valence-corrected chi connectivity index (χ1v) is 8.21. The molecule has 0 spiro atoms. The van der Waals surface area contributed by atoms with Crippen LogP contribution in [0.4, 0.5) is 4.39 Å². The van der Waals surface area contributed by atoms with Crippen LogP contribution in [0.15, 0.2) is 30.3 Å². The number of hydrogen-bond acceptors (Lipinski definition) is 4. The lowest BCUT2D eigenvalue weighted by atomic mass is 10.1. The quantitative estimate of drug-likeness (QED) is 0.652. The van der Waals surface area contributed by atoms with Gasteiger partial charge in [0.1, 0.15) is 17.7 Å². The number of aromatic nitrogens is 2. The Kier molecular flexibility index (Phi) is 5.10. The van der Waals surface area contributed by atoms with Gasteiger partial charge >= 0.3 is 0 Å². The molecule has 5 nitrogen and oxygen atoms in total. The molecular formula is C19H15ClFN3O2. The van der Waals surface area contributed by atoms with Crippen molar-refractivity contribution in [2.75, 3.05) is 13.7 Å². The number of halogens is 2. The first kappa shape index (κ1) is 17.8. The number of H-pyrrole nitrogens is 1. The monoisotopic (exact) mass is 371 g/mol. The number of hydrogen-bond donors (Lipinski definition) is 1. The van der Waals surface area contributed by atoms with E-state index >= 15 is 0 Å². The first-order valence-electron chi connectivity index (χ1n) is 7.83. The topological polar surface area (TPSA) is 70.9 Å². The van der Waals surface area contributed by atoms with Crippen molar-refractivity contribution >= 4 is 34.3 Å². The minimum atomic E-state index is -0.380. The number of benzene rings is 2. The van der Waals surface area contributed by atoms with E-state index in [0.717, 1.165) is 0 Å². The molecule has 0 amide bonds. The summed E-state index contributed by atoms with van der Waals surface area (Å²) in [5.74, 6) is 0.979. The van der Waals surface area contributed by atoms with Crippen molar-refractivity contribution in [2.45, 2.75) is 6.92 Å². The predicted molar refractivity (Wildman–Crippen MR) is 98.7 cm³/mol. The molecule has 1 N–H and O–H groups in total. The zero-order valence-electron chi connectivity index (χ0n) is 14.1. The molecule has 2 aromatic carbocycles. The standard InChI is InChI=1S/C19H15ClFN3O2/c1-3-26-18-9-14(20)11(7-17(18)25-2)6-12(10-22)19-23-15-5-4-13(21)8-16(15)24-19/h4-9H,3H2,1-2H3,(H,23,24)/b12-6-. The maximum atomic E-state index is 13.3. The van der Waals surface area contributed by atoms with Gasteiger partial charge in [0.05, 0.1) is 35.3 Å². The zero-order chi connectivity index (χ0) is 18.7. The first-order chi connectivity index (χ1) is 12.5. The fourth-order valence-electron chi connectivity index (χ4n) is 2.51. The average Bonchev–Trinajstić information content (AvgIpc) is 3.04. The van der Waals surface area contributed by atoms with Crippen LogP contribution >= 0.6 is 11.6 Å². The molecule has 0 aliphatic rings. The van der Waals surface area contributed by atoms with Crippen molar-refractivity contribution in [3.63, 3.8) is 0 Å². The Hall–Kier alpha value is -3.04. The summed E-state index contributed by atoms with van der Waals surface area (Å²) in [6.07, 6.45) is 1.59. The molecule has 132 valence electrons. The highest BCUT2D eigenvalue weighted by Crippen LogP contribution is 2.35. The van der Waals surface area contributed by atoms with Gasteiger partial charge in [0, 0.05) is 6.07 Å². The van der Waals surface area contributed by atoms with E-state index in [1.165, 1.54) is 19.2 Å². The van der Waals surface area contributed by atoms with Crippen LogP contribution in [0.5, 0.6) is 11.5 Å². The number of nitrogens with one attached hydrogen (secondary N) is 1. The molecule has 3 aromatic rings. The highest BCUT2D eigenvalue weighted by Gasteiger charge is 2.13. The lowest BCUT2D eigenvalue weighted by Crippen LogP contribution is -1.96. The maximum Gasteiger partial charge on any atom is 0.162 e. The number of nitrogens with zero attached hydrogens (tertiary/aromatic N) is 2. The number of allylic oxidation sites excluding steroid dienone is 1. The number of imidazole rings is 1. The summed E-state index contributed by atoms with van der Waals surface area (Å²) in [4.78, 5) is 7.27. The Labute approximate surface area is 154 Å². The van der Waals surface area contributed by atoms with Gasteiger partial charge in [0.25, 0.3) is 0 Å². The number of fused-ring (bicyclic) bond motifs is 1. The van der Waals surface area contributed by atoms with Crippen molar-refractivity contribution in [1.82, 2.24) is 9.97 Å². The molecule has 0 aliphatic carbocycles. The van der Waals surface area contributed by atoms with Crippen LogP contribution in [0, 0.1) is 17.1 Å². The molecule has 0 atom stereocenters. The highest BCUT2D eigenvalue weighted by atomic mass is 35.5. The Morgan fingerprint density at radius 1 is 1.35 bits per heavy atom. The minimum Gasteiger partial charge on any atom is -0.493 e. The largest absolute Gasteiger partial charge is 0.493 e. The van der Waals surface area contributed by atoms with Crippen molar-refractivity contribution in [3.05, 3.63) is 52.6 Å². The molecule has 1 aromatic heterocycles. The summed E-state index contributed by atoms with van der Waals surface area (Å²) in [5.41, 5.74) is 1.92. The fourth-order valence-corrected chi connectivity index (χ4v) is 2.72. The predicted octanol–water partition coefficient (Wildman–Crippen LogP) is 4.83. The van der Waals surface area contributed by atoms with Gasteiger partial charge in [-0.1, -0.05) is 11.6 Å². The molecule has 3 rings (SSSR count). The molecule has 0 unspecified atom stereocenters. The summed E-state index contributed by atoms with van der Waals surface area (Å²) < 4.78 is 24.1. The van der Waals surface area contributed by atoms with Crippen molar-refractivity contribution < 1.29 is 13.9 Å². The summed E-state index contributed by atoms with van der Waals surface area (Å²) in [7, 11) is 1.53. The van der Waals surface area contributed by atoms with Crippen LogP contribution in [0.3, 0.4) is 0 Å². The second kappa shape index (κ2) is 7.46. The van der Waals surface area contributed by atoms with Crippen LogP contribution in [0.2, 0.25) is 5.02 Å². The Morgan fingerprint density at radius 2 is 2.15 bits per heavy atom. The van der Waals surface area contributed by atoms with Crippen LogP contribution in [-0.2, 0) is 0 Å². The van der Waals surface area contributed by atoms with Gasteiger partial charge in [-0.2, -0.15) is 5.26 Å². The van der Waals surface area contributed by atoms with Crippen molar-refractivity contribution in [2.24, 2.45) is 0 Å². The molecule has 1 heterocycles. The molecule has 0 saturated heterocycles. The van der Waals surface area contributed by atoms with Gasteiger partial charge in [-0.3, -0.25) is 0 Å². The smallest absolute Gasteiger partial charge is 0.162 e. The summed E-state index contributed by atoms with van der Waals surface area (Å²) in [6.45, 7) is 2.33. The van der Waals surface area contributed by atoms with E-state index in [1.54, 1.807) is 24.3 Å². The maximum absolute atomic E-state index is 13.3. The van der Waals surface area contributed by atoms with Gasteiger partial charge in [0.15, 0.2) is 11.5 Å². The van der Waals surface area contributed by atoms with E-state index in [1.807, 2.05) is 6.92 Å². The molecule has 7 heteroatoms. The van der Waals surface area contributed by atoms with Gasteiger partial charge in [-0.05, 0) is 42.8 Å². The number of nitriles is 1. The van der Waals surface area contributed by atoms with Gasteiger partial charge in [-0.25, -0.2) is 9.37 Å². The van der Waals surface area contributed by atoms with Gasteiger partial charge in [0.2, 0.25) is 0 Å². The van der Waals surface area contributed by atoms with E-state index in [9.17, 15) is 9.65 Å². The van der Waals surface area contributed by atoms with Gasteiger partial charge in [-0.15, -0.1) is 0 Å². The Balaban J connectivity index is 2.07. The third kappa shape index (κ3) is 3.48. The van der Waals surface area contributed by atoms with E-state index in [4.69, 9.17) is 21.1 Å². The zero-order valence-corrected chi connectivity index (χ0v) is 14.9. The number of methoxy groups -OCH3 is 1. The second-order valence-electron chi connectivity index (χ2n) is 5.37. The van der Waals surface area contributed by atoms with Crippen molar-refractivity contribution in [3.8, 4) is 17.6 Å². The number of ether oxygens (including phenoxy) is 2. The second-order valence-corrected chi connectivity index (χ2v) is 5.78. The Bertz CT molecular complexity index is 1040. The molecular weight excluding hydrogens is 357 g/mol. The number of aromatic amines is 1. The van der Waals surface area contributed by atoms with E-state index in [0.29, 0.717) is 45.5 Å². The van der Waals surface area contributed by atoms with E-state index < -0.39 is 0 Å². The Morgan fingerprint density at radius 3 is 2.85 bits per heavy atom. The van der Waals surface area contributed by atoms with Gasteiger partial charge < -0.3 is 14.5 Å². The lowest BCUT2D eigenvalue weighted by molar-refractivity contribution is 0.311. The molecule has 26 heavy (non-hydrogen) atoms. The highest BCUT2D eigenvalue weighted by molar-refractivity contribution is 6.32. The number of rotatable bonds is 5. The summed E-state index contributed by atoms with van der Waals surface area (Å²) in [6, 6.07) is 9.61. The van der Waals surface area contributed by atoms with Crippen LogP contribution < -0.4 is 9.47 Å². The third-order valence-electron chi connectivity index (χ3n) is 3.70.